The Labute approximate surface area is 117 Å². The second-order valence-electron chi connectivity index (χ2n) is 6.19. The Morgan fingerprint density at radius 3 is 2.16 bits per heavy atom. The zero-order valence-electron chi connectivity index (χ0n) is 13.1. The highest BCUT2D eigenvalue weighted by Gasteiger charge is 2.19. The van der Waals surface area contributed by atoms with Crippen molar-refractivity contribution in [1.29, 1.82) is 0 Å². The van der Waals surface area contributed by atoms with E-state index in [1.807, 2.05) is 0 Å². The summed E-state index contributed by atoms with van der Waals surface area (Å²) in [6.07, 6.45) is 0.474. The van der Waals surface area contributed by atoms with Crippen LogP contribution in [0.25, 0.3) is 0 Å². The topological polar surface area (TPSA) is 29.1 Å². The van der Waals surface area contributed by atoms with Crippen LogP contribution in [0, 0.1) is 25.7 Å². The van der Waals surface area contributed by atoms with Gasteiger partial charge in [0.05, 0.1) is 6.42 Å². The standard InChI is InChI=1S/C17H27NO/c1-11(2)17(12(3)4)18-16(19)10-15-8-7-13(5)9-14(15)6/h7-9,11-12,17H,10H2,1-6H3,(H,18,19). The van der Waals surface area contributed by atoms with Gasteiger partial charge in [-0.05, 0) is 36.8 Å². The van der Waals surface area contributed by atoms with Crippen LogP contribution in [-0.4, -0.2) is 11.9 Å². The summed E-state index contributed by atoms with van der Waals surface area (Å²) in [7, 11) is 0. The van der Waals surface area contributed by atoms with E-state index in [1.54, 1.807) is 0 Å². The quantitative estimate of drug-likeness (QED) is 0.861. The van der Waals surface area contributed by atoms with E-state index in [2.05, 4.69) is 65.1 Å². The molecule has 19 heavy (non-hydrogen) atoms. The molecule has 0 heterocycles. The van der Waals surface area contributed by atoms with Crippen LogP contribution in [0.4, 0.5) is 0 Å². The van der Waals surface area contributed by atoms with Crippen molar-refractivity contribution in [1.82, 2.24) is 5.32 Å². The molecule has 0 atom stereocenters. The maximum absolute atomic E-state index is 12.2. The summed E-state index contributed by atoms with van der Waals surface area (Å²) in [6.45, 7) is 12.8. The lowest BCUT2D eigenvalue weighted by Crippen LogP contribution is -2.42. The highest BCUT2D eigenvalue weighted by molar-refractivity contribution is 5.79. The van der Waals surface area contributed by atoms with Crippen molar-refractivity contribution in [2.24, 2.45) is 11.8 Å². The highest BCUT2D eigenvalue weighted by atomic mass is 16.1. The first kappa shape index (κ1) is 15.7. The van der Waals surface area contributed by atoms with Crippen LogP contribution in [0.15, 0.2) is 18.2 Å². The zero-order valence-corrected chi connectivity index (χ0v) is 13.1. The first-order valence-corrected chi connectivity index (χ1v) is 7.16. The van der Waals surface area contributed by atoms with Gasteiger partial charge in [0, 0.05) is 6.04 Å². The Morgan fingerprint density at radius 1 is 1.11 bits per heavy atom. The van der Waals surface area contributed by atoms with E-state index >= 15 is 0 Å². The van der Waals surface area contributed by atoms with Crippen LogP contribution in [-0.2, 0) is 11.2 Å². The summed E-state index contributed by atoms with van der Waals surface area (Å²) in [4.78, 5) is 12.2. The number of carbonyl (C=O) groups is 1. The molecule has 0 spiro atoms. The first-order valence-electron chi connectivity index (χ1n) is 7.16. The van der Waals surface area contributed by atoms with E-state index in [0.717, 1.165) is 5.56 Å². The largest absolute Gasteiger partial charge is 0.353 e. The van der Waals surface area contributed by atoms with Crippen molar-refractivity contribution in [2.45, 2.75) is 54.0 Å². The van der Waals surface area contributed by atoms with Crippen LogP contribution in [0.1, 0.15) is 44.4 Å². The van der Waals surface area contributed by atoms with Gasteiger partial charge >= 0.3 is 0 Å². The van der Waals surface area contributed by atoms with E-state index in [0.29, 0.717) is 18.3 Å². The maximum atomic E-state index is 12.2. The Morgan fingerprint density at radius 2 is 1.68 bits per heavy atom. The molecule has 0 fully saturated rings. The van der Waals surface area contributed by atoms with Crippen molar-refractivity contribution >= 4 is 5.91 Å². The van der Waals surface area contributed by atoms with Gasteiger partial charge in [0.15, 0.2) is 0 Å². The second-order valence-corrected chi connectivity index (χ2v) is 6.19. The molecule has 1 rings (SSSR count). The van der Waals surface area contributed by atoms with Crippen LogP contribution >= 0.6 is 0 Å². The van der Waals surface area contributed by atoms with Crippen molar-refractivity contribution < 1.29 is 4.79 Å². The fourth-order valence-electron chi connectivity index (χ4n) is 2.56. The predicted octanol–water partition coefficient (Wildman–Crippen LogP) is 3.64. The van der Waals surface area contributed by atoms with Gasteiger partial charge in [-0.25, -0.2) is 0 Å². The molecule has 1 aromatic rings. The molecule has 1 aromatic carbocycles. The van der Waals surface area contributed by atoms with Gasteiger partial charge in [0.2, 0.25) is 5.91 Å². The van der Waals surface area contributed by atoms with Crippen LogP contribution in [0.3, 0.4) is 0 Å². The minimum Gasteiger partial charge on any atom is -0.353 e. The SMILES string of the molecule is Cc1ccc(CC(=O)NC(C(C)C)C(C)C)c(C)c1. The van der Waals surface area contributed by atoms with Gasteiger partial charge in [-0.3, -0.25) is 4.79 Å². The zero-order chi connectivity index (χ0) is 14.6. The average Bonchev–Trinajstić information content (AvgIpc) is 2.29. The number of hydrogen-bond acceptors (Lipinski definition) is 1. The third kappa shape index (κ3) is 4.70. The van der Waals surface area contributed by atoms with Gasteiger partial charge in [-0.15, -0.1) is 0 Å². The molecule has 0 saturated carbocycles. The third-order valence-electron chi connectivity index (χ3n) is 3.61. The molecule has 0 aliphatic rings. The lowest BCUT2D eigenvalue weighted by atomic mass is 9.93. The molecule has 0 aliphatic heterocycles. The van der Waals surface area contributed by atoms with E-state index in [9.17, 15) is 4.79 Å². The molecule has 106 valence electrons. The van der Waals surface area contributed by atoms with Crippen molar-refractivity contribution in [2.75, 3.05) is 0 Å². The predicted molar refractivity (Wildman–Crippen MR) is 81.2 cm³/mol. The lowest BCUT2D eigenvalue weighted by molar-refractivity contribution is -0.121. The van der Waals surface area contributed by atoms with Crippen molar-refractivity contribution in [3.63, 3.8) is 0 Å². The molecular formula is C17H27NO. The monoisotopic (exact) mass is 261 g/mol. The normalized spacial score (nSPS) is 11.4. The number of aryl methyl sites for hydroxylation is 2. The number of benzene rings is 1. The molecule has 0 saturated heterocycles. The smallest absolute Gasteiger partial charge is 0.224 e. The van der Waals surface area contributed by atoms with E-state index in [4.69, 9.17) is 0 Å². The summed E-state index contributed by atoms with van der Waals surface area (Å²) < 4.78 is 0. The van der Waals surface area contributed by atoms with Gasteiger partial charge in [-0.2, -0.15) is 0 Å². The number of amides is 1. The summed E-state index contributed by atoms with van der Waals surface area (Å²) in [6, 6.07) is 6.51. The van der Waals surface area contributed by atoms with Crippen LogP contribution in [0.2, 0.25) is 0 Å². The molecule has 0 aromatic heterocycles. The maximum Gasteiger partial charge on any atom is 0.224 e. The number of nitrogens with one attached hydrogen (secondary N) is 1. The molecule has 1 amide bonds. The molecular weight excluding hydrogens is 234 g/mol. The number of hydrogen-bond donors (Lipinski definition) is 1. The minimum atomic E-state index is 0.124. The second kappa shape index (κ2) is 6.74. The van der Waals surface area contributed by atoms with Gasteiger partial charge in [0.25, 0.3) is 0 Å². The van der Waals surface area contributed by atoms with E-state index < -0.39 is 0 Å². The van der Waals surface area contributed by atoms with Gasteiger partial charge < -0.3 is 5.32 Å². The summed E-state index contributed by atoms with van der Waals surface area (Å²) in [5, 5.41) is 3.17. The molecule has 0 aliphatic carbocycles. The van der Waals surface area contributed by atoms with E-state index in [1.165, 1.54) is 11.1 Å². The summed E-state index contributed by atoms with van der Waals surface area (Å²) in [5.41, 5.74) is 3.55. The van der Waals surface area contributed by atoms with Crippen LogP contribution < -0.4 is 5.32 Å². The molecule has 2 heteroatoms. The Kier molecular flexibility index (Phi) is 5.59. The summed E-state index contributed by atoms with van der Waals surface area (Å²) >= 11 is 0. The van der Waals surface area contributed by atoms with Crippen molar-refractivity contribution in [3.05, 3.63) is 34.9 Å². The molecule has 0 unspecified atom stereocenters. The third-order valence-corrected chi connectivity index (χ3v) is 3.61. The lowest BCUT2D eigenvalue weighted by Gasteiger charge is -2.26. The van der Waals surface area contributed by atoms with Gasteiger partial charge in [-0.1, -0.05) is 51.5 Å². The number of carbonyl (C=O) groups excluding carboxylic acids is 1. The van der Waals surface area contributed by atoms with Gasteiger partial charge in [0.1, 0.15) is 0 Å². The molecule has 1 N–H and O–H groups in total. The van der Waals surface area contributed by atoms with Crippen molar-refractivity contribution in [3.8, 4) is 0 Å². The minimum absolute atomic E-state index is 0.124. The van der Waals surface area contributed by atoms with E-state index in [-0.39, 0.29) is 11.9 Å². The summed E-state index contributed by atoms with van der Waals surface area (Å²) in [5.74, 6) is 1.05. The molecule has 0 radical (unpaired) electrons. The average molecular weight is 261 g/mol. The number of rotatable bonds is 5. The first-order chi connectivity index (χ1) is 8.81. The molecule has 2 nitrogen and oxygen atoms in total. The fraction of sp³-hybridized carbons (Fsp3) is 0.588. The van der Waals surface area contributed by atoms with Crippen LogP contribution in [0.5, 0.6) is 0 Å². The Hall–Kier alpha value is -1.31. The Balaban J connectivity index is 2.69. The fourth-order valence-corrected chi connectivity index (χ4v) is 2.56. The molecule has 0 bridgehead atoms. The Bertz CT molecular complexity index is 427. The highest BCUT2D eigenvalue weighted by Crippen LogP contribution is 2.14.